The highest BCUT2D eigenvalue weighted by atomic mass is 16.5. The van der Waals surface area contributed by atoms with Crippen LogP contribution < -0.4 is 9.47 Å². The first-order chi connectivity index (χ1) is 11.6. The lowest BCUT2D eigenvalue weighted by Gasteiger charge is -2.14. The number of rotatable bonds is 8. The van der Waals surface area contributed by atoms with Gasteiger partial charge in [0.2, 0.25) is 0 Å². The lowest BCUT2D eigenvalue weighted by Crippen LogP contribution is -2.13. The molecule has 2 aromatic carbocycles. The summed E-state index contributed by atoms with van der Waals surface area (Å²) in [5, 5.41) is 0. The third-order valence-corrected chi connectivity index (χ3v) is 3.86. The average Bonchev–Trinajstić information content (AvgIpc) is 2.61. The smallest absolute Gasteiger partial charge is 0.118 e. The molecule has 0 radical (unpaired) electrons. The molecule has 128 valence electrons. The maximum Gasteiger partial charge on any atom is 0.118 e. The van der Waals surface area contributed by atoms with Gasteiger partial charge in [0.05, 0.1) is 20.3 Å². The van der Waals surface area contributed by atoms with E-state index in [0.717, 1.165) is 24.3 Å². The van der Waals surface area contributed by atoms with Crippen molar-refractivity contribution >= 4 is 6.21 Å². The Labute approximate surface area is 145 Å². The molecular formula is C21H27NO2. The van der Waals surface area contributed by atoms with E-state index in [1.165, 1.54) is 11.1 Å². The van der Waals surface area contributed by atoms with Gasteiger partial charge in [-0.1, -0.05) is 38.1 Å². The molecule has 2 aromatic rings. The Bertz CT molecular complexity index is 580. The van der Waals surface area contributed by atoms with Gasteiger partial charge < -0.3 is 9.47 Å². The van der Waals surface area contributed by atoms with Gasteiger partial charge in [-0.3, -0.25) is 4.99 Å². The minimum absolute atomic E-state index is 0.231. The van der Waals surface area contributed by atoms with E-state index < -0.39 is 0 Å². The molecule has 0 aliphatic carbocycles. The third-order valence-electron chi connectivity index (χ3n) is 3.86. The number of methoxy groups -OCH3 is 2. The third kappa shape index (κ3) is 5.73. The van der Waals surface area contributed by atoms with Crippen LogP contribution >= 0.6 is 0 Å². The largest absolute Gasteiger partial charge is 0.497 e. The number of ether oxygens (including phenoxy) is 2. The van der Waals surface area contributed by atoms with Crippen molar-refractivity contribution < 1.29 is 9.47 Å². The Morgan fingerprint density at radius 3 is 1.54 bits per heavy atom. The first-order valence-electron chi connectivity index (χ1n) is 8.40. The molecular weight excluding hydrogens is 298 g/mol. The van der Waals surface area contributed by atoms with E-state index in [1.54, 1.807) is 14.2 Å². The van der Waals surface area contributed by atoms with Gasteiger partial charge in [0, 0.05) is 6.21 Å². The average molecular weight is 325 g/mol. The molecule has 0 atom stereocenters. The molecule has 0 N–H and O–H groups in total. The van der Waals surface area contributed by atoms with E-state index >= 15 is 0 Å². The highest BCUT2D eigenvalue weighted by Crippen LogP contribution is 2.18. The fraction of sp³-hybridized carbons (Fsp3) is 0.381. The highest BCUT2D eigenvalue weighted by Gasteiger charge is 2.10. The second-order valence-corrected chi connectivity index (χ2v) is 6.30. The zero-order valence-electron chi connectivity index (χ0n) is 15.0. The number of nitrogens with zero attached hydrogens (tertiary/aromatic N) is 1. The minimum Gasteiger partial charge on any atom is -0.497 e. The van der Waals surface area contributed by atoms with Gasteiger partial charge in [-0.05, 0) is 54.2 Å². The fourth-order valence-electron chi connectivity index (χ4n) is 2.54. The van der Waals surface area contributed by atoms with Gasteiger partial charge in [-0.25, -0.2) is 0 Å². The molecule has 0 heterocycles. The molecule has 2 rings (SSSR count). The number of benzene rings is 2. The second kappa shape index (κ2) is 9.11. The quantitative estimate of drug-likeness (QED) is 0.665. The summed E-state index contributed by atoms with van der Waals surface area (Å²) in [6.07, 6.45) is 3.89. The molecule has 3 nitrogen and oxygen atoms in total. The molecule has 0 saturated carbocycles. The second-order valence-electron chi connectivity index (χ2n) is 6.30. The van der Waals surface area contributed by atoms with Crippen molar-refractivity contribution in [2.24, 2.45) is 10.9 Å². The van der Waals surface area contributed by atoms with Gasteiger partial charge in [-0.15, -0.1) is 0 Å². The molecule has 0 bridgehead atoms. The van der Waals surface area contributed by atoms with Crippen molar-refractivity contribution in [2.75, 3.05) is 14.2 Å². The highest BCUT2D eigenvalue weighted by molar-refractivity contribution is 5.59. The predicted octanol–water partition coefficient (Wildman–Crippen LogP) is 4.58. The minimum atomic E-state index is 0.231. The van der Waals surface area contributed by atoms with Gasteiger partial charge >= 0.3 is 0 Å². The van der Waals surface area contributed by atoms with E-state index in [1.807, 2.05) is 24.3 Å². The SMILES string of the molecule is COc1ccc(CC(Cc2ccc(OC)cc2)N=CC(C)C)cc1. The van der Waals surface area contributed by atoms with Crippen LogP contribution in [0.25, 0.3) is 0 Å². The standard InChI is InChI=1S/C21H27NO2/c1-16(2)15-22-19(13-17-5-9-20(23-3)10-6-17)14-18-7-11-21(24-4)12-8-18/h5-12,15-16,19H,13-14H2,1-4H3. The van der Waals surface area contributed by atoms with Crippen molar-refractivity contribution in [2.45, 2.75) is 32.7 Å². The molecule has 0 amide bonds. The summed E-state index contributed by atoms with van der Waals surface area (Å²) in [4.78, 5) is 4.81. The normalized spacial score (nSPS) is 11.4. The van der Waals surface area contributed by atoms with Crippen LogP contribution in [0.1, 0.15) is 25.0 Å². The lowest BCUT2D eigenvalue weighted by molar-refractivity contribution is 0.414. The van der Waals surface area contributed by atoms with E-state index in [9.17, 15) is 0 Å². The van der Waals surface area contributed by atoms with Crippen LogP contribution in [0.5, 0.6) is 11.5 Å². The molecule has 0 fully saturated rings. The number of hydrogen-bond acceptors (Lipinski definition) is 3. The fourth-order valence-corrected chi connectivity index (χ4v) is 2.54. The molecule has 0 aromatic heterocycles. The summed E-state index contributed by atoms with van der Waals surface area (Å²) in [5.74, 6) is 2.23. The summed E-state index contributed by atoms with van der Waals surface area (Å²) in [6.45, 7) is 4.31. The van der Waals surface area contributed by atoms with Crippen LogP contribution in [0.2, 0.25) is 0 Å². The molecule has 0 aliphatic rings. The lowest BCUT2D eigenvalue weighted by atomic mass is 9.99. The summed E-state index contributed by atoms with van der Waals surface area (Å²) < 4.78 is 10.5. The van der Waals surface area contributed by atoms with E-state index in [-0.39, 0.29) is 6.04 Å². The summed E-state index contributed by atoms with van der Waals surface area (Å²) in [5.41, 5.74) is 2.55. The molecule has 0 unspecified atom stereocenters. The Balaban J connectivity index is 2.10. The van der Waals surface area contributed by atoms with Gasteiger partial charge in [-0.2, -0.15) is 0 Å². The van der Waals surface area contributed by atoms with Gasteiger partial charge in [0.1, 0.15) is 11.5 Å². The van der Waals surface area contributed by atoms with Crippen molar-refractivity contribution in [3.05, 3.63) is 59.7 Å². The molecule has 0 aliphatic heterocycles. The Morgan fingerprint density at radius 2 is 1.21 bits per heavy atom. The Kier molecular flexibility index (Phi) is 6.86. The molecule has 24 heavy (non-hydrogen) atoms. The van der Waals surface area contributed by atoms with E-state index in [0.29, 0.717) is 5.92 Å². The summed E-state index contributed by atoms with van der Waals surface area (Å²) in [7, 11) is 3.38. The van der Waals surface area contributed by atoms with Crippen molar-refractivity contribution in [3.63, 3.8) is 0 Å². The number of aliphatic imine (C=N–C) groups is 1. The van der Waals surface area contributed by atoms with Crippen molar-refractivity contribution in [1.29, 1.82) is 0 Å². The van der Waals surface area contributed by atoms with Crippen LogP contribution in [-0.2, 0) is 12.8 Å². The Morgan fingerprint density at radius 1 is 0.792 bits per heavy atom. The van der Waals surface area contributed by atoms with Crippen LogP contribution in [0.3, 0.4) is 0 Å². The van der Waals surface area contributed by atoms with Gasteiger partial charge in [0.25, 0.3) is 0 Å². The summed E-state index contributed by atoms with van der Waals surface area (Å²) in [6, 6.07) is 16.7. The number of hydrogen-bond donors (Lipinski definition) is 0. The topological polar surface area (TPSA) is 30.8 Å². The van der Waals surface area contributed by atoms with Gasteiger partial charge in [0.15, 0.2) is 0 Å². The molecule has 0 saturated heterocycles. The van der Waals surface area contributed by atoms with E-state index in [2.05, 4.69) is 44.3 Å². The van der Waals surface area contributed by atoms with Crippen LogP contribution in [0.4, 0.5) is 0 Å². The maximum absolute atomic E-state index is 5.23. The first kappa shape index (κ1) is 18.1. The first-order valence-corrected chi connectivity index (χ1v) is 8.40. The molecule has 3 heteroatoms. The summed E-state index contributed by atoms with van der Waals surface area (Å²) >= 11 is 0. The predicted molar refractivity (Wildman–Crippen MR) is 101 cm³/mol. The van der Waals surface area contributed by atoms with Crippen molar-refractivity contribution in [3.8, 4) is 11.5 Å². The zero-order valence-corrected chi connectivity index (χ0v) is 15.0. The zero-order chi connectivity index (χ0) is 17.4. The van der Waals surface area contributed by atoms with Crippen molar-refractivity contribution in [1.82, 2.24) is 0 Å². The van der Waals surface area contributed by atoms with Crippen LogP contribution in [0, 0.1) is 5.92 Å². The maximum atomic E-state index is 5.23. The van der Waals surface area contributed by atoms with Crippen LogP contribution in [-0.4, -0.2) is 26.5 Å². The molecule has 0 spiro atoms. The Hall–Kier alpha value is -2.29. The monoisotopic (exact) mass is 325 g/mol. The van der Waals surface area contributed by atoms with Crippen LogP contribution in [0.15, 0.2) is 53.5 Å². The van der Waals surface area contributed by atoms with E-state index in [4.69, 9.17) is 14.5 Å².